The van der Waals surface area contributed by atoms with Crippen LogP contribution >= 0.6 is 27.5 Å². The number of carbonyl (C=O) groups is 1. The summed E-state index contributed by atoms with van der Waals surface area (Å²) in [6.07, 6.45) is 1.43. The van der Waals surface area contributed by atoms with E-state index in [-0.39, 0.29) is 11.5 Å². The Morgan fingerprint density at radius 3 is 2.69 bits per heavy atom. The van der Waals surface area contributed by atoms with Crippen molar-refractivity contribution in [1.29, 1.82) is 0 Å². The van der Waals surface area contributed by atoms with Crippen molar-refractivity contribution in [3.63, 3.8) is 0 Å². The largest absolute Gasteiger partial charge is 0.460 e. The number of furan rings is 1. The van der Waals surface area contributed by atoms with Crippen molar-refractivity contribution in [3.05, 3.63) is 51.3 Å². The highest BCUT2D eigenvalue weighted by Crippen LogP contribution is 2.25. The number of halogens is 2. The molecule has 0 atom stereocenters. The molecule has 0 spiro atoms. The highest BCUT2D eigenvalue weighted by Gasteiger charge is 2.18. The van der Waals surface area contributed by atoms with E-state index < -0.39 is 0 Å². The van der Waals surface area contributed by atoms with Crippen molar-refractivity contribution in [2.45, 2.75) is 0 Å². The van der Waals surface area contributed by atoms with Gasteiger partial charge in [-0.1, -0.05) is 11.6 Å². The van der Waals surface area contributed by atoms with Crippen LogP contribution in [0.15, 0.2) is 39.4 Å². The predicted molar refractivity (Wildman–Crippen MR) is 65.7 cm³/mol. The van der Waals surface area contributed by atoms with Crippen molar-refractivity contribution in [2.75, 3.05) is 5.73 Å². The molecule has 0 bridgehead atoms. The van der Waals surface area contributed by atoms with Gasteiger partial charge in [0.2, 0.25) is 5.78 Å². The zero-order chi connectivity index (χ0) is 11.7. The summed E-state index contributed by atoms with van der Waals surface area (Å²) in [7, 11) is 0. The maximum Gasteiger partial charge on any atom is 0.231 e. The van der Waals surface area contributed by atoms with E-state index in [2.05, 4.69) is 15.9 Å². The van der Waals surface area contributed by atoms with Gasteiger partial charge in [0.05, 0.1) is 10.7 Å². The minimum Gasteiger partial charge on any atom is -0.460 e. The van der Waals surface area contributed by atoms with Gasteiger partial charge in [-0.2, -0.15) is 0 Å². The van der Waals surface area contributed by atoms with E-state index in [0.717, 1.165) is 0 Å². The van der Waals surface area contributed by atoms with Crippen LogP contribution in [0.5, 0.6) is 0 Å². The Balaban J connectivity index is 2.46. The van der Waals surface area contributed by atoms with Crippen molar-refractivity contribution in [3.8, 4) is 0 Å². The first-order valence-corrected chi connectivity index (χ1v) is 5.59. The van der Waals surface area contributed by atoms with Crippen LogP contribution in [0.25, 0.3) is 0 Å². The highest BCUT2D eigenvalue weighted by molar-refractivity contribution is 9.10. The van der Waals surface area contributed by atoms with Crippen molar-refractivity contribution in [2.24, 2.45) is 0 Å². The number of benzene rings is 1. The third-order valence-electron chi connectivity index (χ3n) is 2.08. The summed E-state index contributed by atoms with van der Waals surface area (Å²) in [5, 5.41) is 0.493. The smallest absolute Gasteiger partial charge is 0.231 e. The van der Waals surface area contributed by atoms with Gasteiger partial charge in [-0.15, -0.1) is 0 Å². The fraction of sp³-hybridized carbons (Fsp3) is 0. The standard InChI is InChI=1S/C11H7BrClNO2/c12-8-3-4-16-11(8)10(15)7-2-1-6(13)5-9(7)14/h1-5H,14H2. The lowest BCUT2D eigenvalue weighted by Gasteiger charge is -2.03. The summed E-state index contributed by atoms with van der Waals surface area (Å²) < 4.78 is 5.68. The second-order valence-corrected chi connectivity index (χ2v) is 4.45. The van der Waals surface area contributed by atoms with Crippen molar-refractivity contribution < 1.29 is 9.21 Å². The first-order valence-electron chi connectivity index (χ1n) is 4.42. The normalized spacial score (nSPS) is 10.4. The van der Waals surface area contributed by atoms with Crippen LogP contribution in [0, 0.1) is 0 Å². The molecule has 2 N–H and O–H groups in total. The molecule has 0 unspecified atom stereocenters. The molecule has 0 saturated heterocycles. The number of nitrogen functional groups attached to an aromatic ring is 1. The van der Waals surface area contributed by atoms with Crippen LogP contribution in [-0.2, 0) is 0 Å². The molecule has 0 aliphatic heterocycles. The first kappa shape index (κ1) is 11.2. The van der Waals surface area contributed by atoms with E-state index in [9.17, 15) is 4.79 Å². The Labute approximate surface area is 105 Å². The van der Waals surface area contributed by atoms with Crippen LogP contribution in [0.4, 0.5) is 5.69 Å². The van der Waals surface area contributed by atoms with Crippen LogP contribution in [0.3, 0.4) is 0 Å². The molecule has 1 aromatic carbocycles. The molecule has 0 aliphatic rings. The summed E-state index contributed by atoms with van der Waals surface area (Å²) in [4.78, 5) is 12.0. The Kier molecular flexibility index (Phi) is 3.03. The van der Waals surface area contributed by atoms with Crippen molar-refractivity contribution in [1.82, 2.24) is 0 Å². The fourth-order valence-electron chi connectivity index (χ4n) is 1.32. The summed E-state index contributed by atoms with van der Waals surface area (Å²) in [5.41, 5.74) is 6.43. The molecule has 3 nitrogen and oxygen atoms in total. The molecule has 2 aromatic rings. The van der Waals surface area contributed by atoms with E-state index in [0.29, 0.717) is 20.7 Å². The number of anilines is 1. The minimum absolute atomic E-state index is 0.231. The molecule has 0 fully saturated rings. The van der Waals surface area contributed by atoms with E-state index >= 15 is 0 Å². The molecule has 2 rings (SSSR count). The molecular formula is C11H7BrClNO2. The molecule has 1 heterocycles. The molecule has 82 valence electrons. The third kappa shape index (κ3) is 1.99. The SMILES string of the molecule is Nc1cc(Cl)ccc1C(=O)c1occc1Br. The average molecular weight is 301 g/mol. The van der Waals surface area contributed by atoms with Crippen LogP contribution in [0.2, 0.25) is 5.02 Å². The predicted octanol–water partition coefficient (Wildman–Crippen LogP) is 3.51. The lowest BCUT2D eigenvalue weighted by atomic mass is 10.1. The summed E-state index contributed by atoms with van der Waals surface area (Å²) in [6, 6.07) is 6.38. The Bertz CT molecular complexity index is 551. The van der Waals surface area contributed by atoms with E-state index in [1.54, 1.807) is 18.2 Å². The van der Waals surface area contributed by atoms with Gasteiger partial charge in [-0.3, -0.25) is 4.79 Å². The number of carbonyl (C=O) groups excluding carboxylic acids is 1. The van der Waals surface area contributed by atoms with E-state index in [1.807, 2.05) is 0 Å². The van der Waals surface area contributed by atoms with Gasteiger partial charge in [-0.05, 0) is 40.2 Å². The Morgan fingerprint density at radius 1 is 1.38 bits per heavy atom. The fourth-order valence-corrected chi connectivity index (χ4v) is 1.88. The highest BCUT2D eigenvalue weighted by atomic mass is 79.9. The number of ketones is 1. The van der Waals surface area contributed by atoms with Crippen LogP contribution in [-0.4, -0.2) is 5.78 Å². The van der Waals surface area contributed by atoms with Gasteiger partial charge in [0.25, 0.3) is 0 Å². The maximum atomic E-state index is 12.0. The molecular weight excluding hydrogens is 293 g/mol. The minimum atomic E-state index is -0.272. The zero-order valence-electron chi connectivity index (χ0n) is 8.04. The lowest BCUT2D eigenvalue weighted by Crippen LogP contribution is -2.04. The summed E-state index contributed by atoms with van der Waals surface area (Å²) in [6.45, 7) is 0. The van der Waals surface area contributed by atoms with Crippen LogP contribution in [0.1, 0.15) is 16.1 Å². The number of hydrogen-bond acceptors (Lipinski definition) is 3. The molecule has 0 radical (unpaired) electrons. The first-order chi connectivity index (χ1) is 7.59. The third-order valence-corrected chi connectivity index (χ3v) is 2.94. The lowest BCUT2D eigenvalue weighted by molar-refractivity contribution is 0.101. The topological polar surface area (TPSA) is 56.2 Å². The van der Waals surface area contributed by atoms with Gasteiger partial charge in [-0.25, -0.2) is 0 Å². The molecule has 5 heteroatoms. The molecule has 0 amide bonds. The summed E-state index contributed by atoms with van der Waals surface area (Å²) >= 11 is 8.98. The molecule has 1 aromatic heterocycles. The second kappa shape index (κ2) is 4.31. The molecule has 0 saturated carbocycles. The van der Waals surface area contributed by atoms with E-state index in [4.69, 9.17) is 21.8 Å². The monoisotopic (exact) mass is 299 g/mol. The van der Waals surface area contributed by atoms with E-state index in [1.165, 1.54) is 12.3 Å². The average Bonchev–Trinajstić information content (AvgIpc) is 2.63. The Hall–Kier alpha value is -1.26. The van der Waals surface area contributed by atoms with Crippen LogP contribution < -0.4 is 5.73 Å². The van der Waals surface area contributed by atoms with Gasteiger partial charge in [0.1, 0.15) is 0 Å². The van der Waals surface area contributed by atoms with Gasteiger partial charge < -0.3 is 10.2 Å². The van der Waals surface area contributed by atoms with Crippen molar-refractivity contribution >= 4 is 39.0 Å². The quantitative estimate of drug-likeness (QED) is 0.682. The molecule has 0 aliphatic carbocycles. The number of nitrogens with two attached hydrogens (primary N) is 1. The van der Waals surface area contributed by atoms with Gasteiger partial charge in [0.15, 0.2) is 5.76 Å². The maximum absolute atomic E-state index is 12.0. The van der Waals surface area contributed by atoms with Gasteiger partial charge >= 0.3 is 0 Å². The Morgan fingerprint density at radius 2 is 2.12 bits per heavy atom. The zero-order valence-corrected chi connectivity index (χ0v) is 10.4. The summed E-state index contributed by atoms with van der Waals surface area (Å²) in [5.74, 6) is -0.0416. The second-order valence-electron chi connectivity index (χ2n) is 3.16. The number of rotatable bonds is 2. The van der Waals surface area contributed by atoms with Gasteiger partial charge in [0, 0.05) is 16.3 Å². The molecule has 16 heavy (non-hydrogen) atoms. The number of hydrogen-bond donors (Lipinski definition) is 1.